The van der Waals surface area contributed by atoms with Gasteiger partial charge in [-0.1, -0.05) is 26.8 Å². The minimum absolute atomic E-state index is 0.0273. The molecule has 0 aliphatic carbocycles. The molecule has 0 radical (unpaired) electrons. The van der Waals surface area contributed by atoms with E-state index in [4.69, 9.17) is 10.5 Å². The number of anilines is 1. The van der Waals surface area contributed by atoms with Gasteiger partial charge in [-0.15, -0.1) is 0 Å². The van der Waals surface area contributed by atoms with E-state index in [0.717, 1.165) is 22.6 Å². The Kier molecular flexibility index (Phi) is 4.22. The van der Waals surface area contributed by atoms with Gasteiger partial charge in [0.1, 0.15) is 5.75 Å². The van der Waals surface area contributed by atoms with Crippen molar-refractivity contribution in [3.05, 3.63) is 23.3 Å². The van der Waals surface area contributed by atoms with Gasteiger partial charge >= 0.3 is 0 Å². The van der Waals surface area contributed by atoms with Gasteiger partial charge in [0.25, 0.3) is 0 Å². The van der Waals surface area contributed by atoms with Crippen molar-refractivity contribution in [2.24, 2.45) is 5.73 Å². The van der Waals surface area contributed by atoms with Gasteiger partial charge in [-0.05, 0) is 24.0 Å². The van der Waals surface area contributed by atoms with Gasteiger partial charge in [0.05, 0.1) is 19.3 Å². The molecular formula is C14H22N2O2. The molecule has 4 heteroatoms. The van der Waals surface area contributed by atoms with Crippen LogP contribution in [0.5, 0.6) is 5.75 Å². The first-order chi connectivity index (χ1) is 8.25. The number of nitrogens with one attached hydrogen (secondary N) is 1. The summed E-state index contributed by atoms with van der Waals surface area (Å²) in [6, 6.07) is 4.06. The van der Waals surface area contributed by atoms with Crippen molar-refractivity contribution < 1.29 is 9.53 Å². The monoisotopic (exact) mass is 250 g/mol. The Labute approximate surface area is 109 Å². The smallest absolute Gasteiger partial charge is 0.236 e. The number of ether oxygens (including phenoxy) is 1. The molecule has 1 amide bonds. The Balaban J connectivity index is 3.24. The molecule has 100 valence electrons. The fraction of sp³-hybridized carbons (Fsp3) is 0.500. The molecule has 0 bridgehead atoms. The summed E-state index contributed by atoms with van der Waals surface area (Å²) in [5.74, 6) is 0.380. The maximum Gasteiger partial charge on any atom is 0.236 e. The second kappa shape index (κ2) is 5.29. The van der Waals surface area contributed by atoms with Gasteiger partial charge in [0.15, 0.2) is 0 Å². The molecule has 1 aromatic carbocycles. The van der Waals surface area contributed by atoms with Crippen LogP contribution in [0.2, 0.25) is 0 Å². The summed E-state index contributed by atoms with van der Waals surface area (Å²) in [5.41, 5.74) is 8.16. The van der Waals surface area contributed by atoms with Crippen LogP contribution in [0.25, 0.3) is 0 Å². The second-order valence-corrected chi connectivity index (χ2v) is 5.46. The van der Waals surface area contributed by atoms with Crippen LogP contribution < -0.4 is 15.8 Å². The molecule has 18 heavy (non-hydrogen) atoms. The summed E-state index contributed by atoms with van der Waals surface area (Å²) in [5, 5.41) is 3.02. The lowest BCUT2D eigenvalue weighted by Crippen LogP contribution is -2.22. The van der Waals surface area contributed by atoms with Crippen molar-refractivity contribution in [3.63, 3.8) is 0 Å². The first-order valence-electron chi connectivity index (χ1n) is 5.97. The Bertz CT molecular complexity index is 448. The number of methoxy groups -OCH3 is 1. The van der Waals surface area contributed by atoms with Crippen LogP contribution in [0.1, 0.15) is 31.9 Å². The molecule has 1 aromatic rings. The van der Waals surface area contributed by atoms with Gasteiger partial charge in [0, 0.05) is 5.56 Å². The lowest BCUT2D eigenvalue weighted by Gasteiger charge is -2.25. The second-order valence-electron chi connectivity index (χ2n) is 5.46. The number of hydrogen-bond donors (Lipinski definition) is 2. The number of amides is 1. The summed E-state index contributed by atoms with van der Waals surface area (Å²) < 4.78 is 5.48. The van der Waals surface area contributed by atoms with Crippen LogP contribution in [0.15, 0.2) is 12.1 Å². The number of benzene rings is 1. The van der Waals surface area contributed by atoms with Crippen LogP contribution in [-0.2, 0) is 10.2 Å². The molecule has 1 rings (SSSR count). The average molecular weight is 250 g/mol. The third-order valence-electron chi connectivity index (χ3n) is 2.70. The van der Waals surface area contributed by atoms with E-state index in [9.17, 15) is 4.79 Å². The molecule has 0 saturated heterocycles. The highest BCUT2D eigenvalue weighted by Crippen LogP contribution is 2.37. The van der Waals surface area contributed by atoms with Gasteiger partial charge in [-0.3, -0.25) is 4.79 Å². The predicted octanol–water partition coefficient (Wildman–Crippen LogP) is 2.20. The maximum atomic E-state index is 10.9. The Morgan fingerprint density at radius 3 is 2.44 bits per heavy atom. The topological polar surface area (TPSA) is 64.3 Å². The first-order valence-corrected chi connectivity index (χ1v) is 5.97. The third kappa shape index (κ3) is 3.39. The normalized spacial score (nSPS) is 11.2. The number of primary amides is 1. The standard InChI is InChI=1S/C14H22N2O2/c1-9-6-10(14(2,3)4)13(18-5)11(7-9)16-8-12(15)17/h6-7,16H,8H2,1-5H3,(H2,15,17). The van der Waals surface area contributed by atoms with Crippen molar-refractivity contribution in [2.75, 3.05) is 19.0 Å². The fourth-order valence-electron chi connectivity index (χ4n) is 1.86. The molecule has 0 aliphatic heterocycles. The molecule has 0 spiro atoms. The summed E-state index contributed by atoms with van der Waals surface area (Å²) in [4.78, 5) is 10.9. The molecule has 4 nitrogen and oxygen atoms in total. The van der Waals surface area contributed by atoms with Crippen LogP contribution in [0.4, 0.5) is 5.69 Å². The quantitative estimate of drug-likeness (QED) is 0.861. The van der Waals surface area contributed by atoms with E-state index >= 15 is 0 Å². The first kappa shape index (κ1) is 14.4. The minimum Gasteiger partial charge on any atom is -0.494 e. The molecule has 0 atom stereocenters. The van der Waals surface area contributed by atoms with Crippen molar-refractivity contribution in [2.45, 2.75) is 33.1 Å². The number of hydrogen-bond acceptors (Lipinski definition) is 3. The molecular weight excluding hydrogens is 228 g/mol. The molecule has 0 unspecified atom stereocenters. The van der Waals surface area contributed by atoms with Crippen LogP contribution >= 0.6 is 0 Å². The maximum absolute atomic E-state index is 10.9. The lowest BCUT2D eigenvalue weighted by molar-refractivity contribution is -0.116. The molecule has 0 saturated carbocycles. The molecule has 0 aliphatic rings. The number of rotatable bonds is 4. The van der Waals surface area contributed by atoms with E-state index in [1.54, 1.807) is 7.11 Å². The lowest BCUT2D eigenvalue weighted by atomic mass is 9.85. The number of aryl methyl sites for hydroxylation is 1. The summed E-state index contributed by atoms with van der Waals surface area (Å²) in [6.07, 6.45) is 0. The Hall–Kier alpha value is -1.71. The summed E-state index contributed by atoms with van der Waals surface area (Å²) >= 11 is 0. The van der Waals surface area contributed by atoms with E-state index in [-0.39, 0.29) is 12.0 Å². The SMILES string of the molecule is COc1c(NCC(N)=O)cc(C)cc1C(C)(C)C. The van der Waals surface area contributed by atoms with Crippen LogP contribution in [-0.4, -0.2) is 19.6 Å². The van der Waals surface area contributed by atoms with Crippen molar-refractivity contribution in [1.82, 2.24) is 0 Å². The van der Waals surface area contributed by atoms with E-state index in [2.05, 4.69) is 32.2 Å². The average Bonchev–Trinajstić information content (AvgIpc) is 2.24. The summed E-state index contributed by atoms with van der Waals surface area (Å²) in [7, 11) is 1.63. The predicted molar refractivity (Wildman–Crippen MR) is 74.1 cm³/mol. The molecule has 0 heterocycles. The van der Waals surface area contributed by atoms with Gasteiger partial charge < -0.3 is 15.8 Å². The number of nitrogens with two attached hydrogens (primary N) is 1. The molecule has 0 fully saturated rings. The van der Waals surface area contributed by atoms with Crippen molar-refractivity contribution >= 4 is 11.6 Å². The van der Waals surface area contributed by atoms with Gasteiger partial charge in [-0.2, -0.15) is 0 Å². The number of carbonyl (C=O) groups excluding carboxylic acids is 1. The highest BCUT2D eigenvalue weighted by Gasteiger charge is 2.21. The highest BCUT2D eigenvalue weighted by molar-refractivity contribution is 5.80. The highest BCUT2D eigenvalue weighted by atomic mass is 16.5. The largest absolute Gasteiger partial charge is 0.494 e. The van der Waals surface area contributed by atoms with Crippen LogP contribution in [0, 0.1) is 6.92 Å². The van der Waals surface area contributed by atoms with E-state index in [1.165, 1.54) is 0 Å². The third-order valence-corrected chi connectivity index (χ3v) is 2.70. The Morgan fingerprint density at radius 1 is 1.39 bits per heavy atom. The number of carbonyl (C=O) groups is 1. The van der Waals surface area contributed by atoms with Gasteiger partial charge in [0.2, 0.25) is 5.91 Å². The van der Waals surface area contributed by atoms with E-state index < -0.39 is 5.91 Å². The van der Waals surface area contributed by atoms with Crippen molar-refractivity contribution in [3.8, 4) is 5.75 Å². The van der Waals surface area contributed by atoms with Gasteiger partial charge in [-0.25, -0.2) is 0 Å². The minimum atomic E-state index is -0.393. The van der Waals surface area contributed by atoms with E-state index in [1.807, 2.05) is 13.0 Å². The molecule has 3 N–H and O–H groups in total. The zero-order chi connectivity index (χ0) is 13.9. The summed E-state index contributed by atoms with van der Waals surface area (Å²) in [6.45, 7) is 8.50. The van der Waals surface area contributed by atoms with Crippen LogP contribution in [0.3, 0.4) is 0 Å². The fourth-order valence-corrected chi connectivity index (χ4v) is 1.86. The zero-order valence-electron chi connectivity index (χ0n) is 11.8. The zero-order valence-corrected chi connectivity index (χ0v) is 11.8. The van der Waals surface area contributed by atoms with E-state index in [0.29, 0.717) is 0 Å². The molecule has 0 aromatic heterocycles. The van der Waals surface area contributed by atoms with Crippen molar-refractivity contribution in [1.29, 1.82) is 0 Å². The Morgan fingerprint density at radius 2 is 2.00 bits per heavy atom.